The third kappa shape index (κ3) is 13.4. The smallest absolute Gasteiger partial charge is 0.410 e. The maximum absolute atomic E-state index is 12.6. The van der Waals surface area contributed by atoms with Gasteiger partial charge in [0, 0.05) is 20.1 Å². The number of carboxylic acid groups (broad SMARTS) is 1. The zero-order chi connectivity index (χ0) is 41.1. The molecule has 0 aromatic heterocycles. The van der Waals surface area contributed by atoms with Crippen LogP contribution in [0.5, 0.6) is 0 Å². The van der Waals surface area contributed by atoms with Gasteiger partial charge in [0.15, 0.2) is 6.04 Å². The maximum atomic E-state index is 12.6. The number of hydrogen-bond acceptors (Lipinski definition) is 10. The Hall–Kier alpha value is -5.54. The summed E-state index contributed by atoms with van der Waals surface area (Å²) in [5, 5.41) is 12.1. The van der Waals surface area contributed by atoms with E-state index in [-0.39, 0.29) is 51.3 Å². The second-order valence-corrected chi connectivity index (χ2v) is 15.3. The summed E-state index contributed by atoms with van der Waals surface area (Å²) in [7, 11) is 1.49. The summed E-state index contributed by atoms with van der Waals surface area (Å²) in [6.07, 6.45) is -2.42. The van der Waals surface area contributed by atoms with E-state index in [1.54, 1.807) is 48.5 Å². The molecular weight excluding hydrogens is 714 g/mol. The van der Waals surface area contributed by atoms with Gasteiger partial charge in [-0.1, -0.05) is 60.7 Å². The van der Waals surface area contributed by atoms with Crippen LogP contribution in [-0.4, -0.2) is 130 Å². The number of carboxylic acids is 1. The fourth-order valence-electron chi connectivity index (χ4n) is 5.71. The molecule has 2 saturated heterocycles. The molecule has 16 heteroatoms. The van der Waals surface area contributed by atoms with Crippen molar-refractivity contribution in [1.29, 1.82) is 0 Å². The number of amides is 5. The highest BCUT2D eigenvalue weighted by Gasteiger charge is 2.43. The Morgan fingerprint density at radius 1 is 0.600 bits per heavy atom. The summed E-state index contributed by atoms with van der Waals surface area (Å²) in [5.74, 6) is -1.57. The second kappa shape index (κ2) is 19.2. The fraction of sp³-hybridized carbons (Fsp3) is 0.538. The predicted octanol–water partition coefficient (Wildman–Crippen LogP) is 5.10. The van der Waals surface area contributed by atoms with Crippen LogP contribution in [0.25, 0.3) is 0 Å². The van der Waals surface area contributed by atoms with Crippen LogP contribution in [-0.2, 0) is 41.8 Å². The lowest BCUT2D eigenvalue weighted by atomic mass is 10.1. The van der Waals surface area contributed by atoms with Gasteiger partial charge in [-0.3, -0.25) is 14.6 Å². The molecule has 0 bridgehead atoms. The molecule has 5 amide bonds. The molecule has 16 nitrogen and oxygen atoms in total. The third-order valence-corrected chi connectivity index (χ3v) is 8.45. The lowest BCUT2D eigenvalue weighted by molar-refractivity contribution is -0.145. The summed E-state index contributed by atoms with van der Waals surface area (Å²) in [4.78, 5) is 79.3. The van der Waals surface area contributed by atoms with E-state index in [1.807, 2.05) is 67.6 Å². The van der Waals surface area contributed by atoms with Gasteiger partial charge in [0.2, 0.25) is 5.91 Å². The number of aliphatic carboxylic acids is 1. The first-order chi connectivity index (χ1) is 25.7. The van der Waals surface area contributed by atoms with Gasteiger partial charge in [-0.05, 0) is 66.5 Å². The first-order valence-electron chi connectivity index (χ1n) is 18.1. The molecule has 2 aliphatic heterocycles. The van der Waals surface area contributed by atoms with Crippen molar-refractivity contribution in [2.45, 2.75) is 104 Å². The van der Waals surface area contributed by atoms with Crippen molar-refractivity contribution in [3.8, 4) is 0 Å². The van der Waals surface area contributed by atoms with Crippen LogP contribution in [0.15, 0.2) is 60.7 Å². The average molecular weight is 770 g/mol. The number of nitrogens with one attached hydrogen (secondary N) is 1. The molecule has 0 saturated carbocycles. The van der Waals surface area contributed by atoms with Crippen LogP contribution in [0.2, 0.25) is 0 Å². The fourth-order valence-corrected chi connectivity index (χ4v) is 5.71. The van der Waals surface area contributed by atoms with Gasteiger partial charge < -0.3 is 39.2 Å². The monoisotopic (exact) mass is 769 g/mol. The van der Waals surface area contributed by atoms with Crippen molar-refractivity contribution >= 4 is 36.2 Å². The summed E-state index contributed by atoms with van der Waals surface area (Å²) < 4.78 is 21.4. The van der Waals surface area contributed by atoms with Crippen molar-refractivity contribution in [2.24, 2.45) is 0 Å². The maximum Gasteiger partial charge on any atom is 0.410 e. The molecule has 2 aromatic rings. The molecule has 2 N–H and O–H groups in total. The minimum Gasteiger partial charge on any atom is -0.480 e. The molecule has 55 heavy (non-hydrogen) atoms. The van der Waals surface area contributed by atoms with Gasteiger partial charge in [0.1, 0.15) is 30.5 Å². The highest BCUT2D eigenvalue weighted by molar-refractivity contribution is 5.87. The van der Waals surface area contributed by atoms with Crippen molar-refractivity contribution in [2.75, 3.05) is 33.2 Å². The van der Waals surface area contributed by atoms with Gasteiger partial charge in [-0.2, -0.15) is 0 Å². The number of rotatable bonds is 6. The SMILES string of the molecule is CNC(=O)[C@H]1CN(C(=O)OC(C)(C)C)[C@H](C)CN1C(=O)OCc1ccccc1.C[C@@H]1CN(C(=O)OCc2ccccc2)[C@@H](C(=O)O)CN1C(=O)OC(C)(C)C. The largest absolute Gasteiger partial charge is 0.480 e. The Kier molecular flexibility index (Phi) is 15.3. The highest BCUT2D eigenvalue weighted by Crippen LogP contribution is 2.22. The van der Waals surface area contributed by atoms with Crippen LogP contribution < -0.4 is 5.32 Å². The summed E-state index contributed by atoms with van der Waals surface area (Å²) >= 11 is 0. The average Bonchev–Trinajstić information content (AvgIpc) is 3.11. The normalized spacial score (nSPS) is 19.9. The number of benzene rings is 2. The van der Waals surface area contributed by atoms with Crippen molar-refractivity contribution in [1.82, 2.24) is 24.9 Å². The Morgan fingerprint density at radius 2 is 0.964 bits per heavy atom. The number of carbonyl (C=O) groups is 6. The van der Waals surface area contributed by atoms with E-state index < -0.39 is 59.7 Å². The Labute approximate surface area is 322 Å². The Bertz CT molecular complexity index is 1630. The van der Waals surface area contributed by atoms with E-state index >= 15 is 0 Å². The topological polar surface area (TPSA) is 185 Å². The predicted molar refractivity (Wildman–Crippen MR) is 201 cm³/mol. The number of nitrogens with zero attached hydrogens (tertiary/aromatic N) is 4. The number of carbonyl (C=O) groups excluding carboxylic acids is 5. The quantitative estimate of drug-likeness (QED) is 0.373. The molecule has 2 heterocycles. The number of hydrogen-bond donors (Lipinski definition) is 2. The van der Waals surface area contributed by atoms with Crippen molar-refractivity contribution < 1.29 is 52.8 Å². The number of piperazine rings is 2. The van der Waals surface area contributed by atoms with E-state index in [1.165, 1.54) is 21.7 Å². The minimum absolute atomic E-state index is 0.0379. The van der Waals surface area contributed by atoms with E-state index in [0.29, 0.717) is 0 Å². The number of ether oxygens (including phenoxy) is 4. The van der Waals surface area contributed by atoms with Crippen LogP contribution >= 0.6 is 0 Å². The van der Waals surface area contributed by atoms with E-state index in [0.717, 1.165) is 16.0 Å². The molecule has 0 unspecified atom stereocenters. The van der Waals surface area contributed by atoms with Crippen molar-refractivity contribution in [3.05, 3.63) is 71.8 Å². The Morgan fingerprint density at radius 3 is 1.31 bits per heavy atom. The van der Waals surface area contributed by atoms with Crippen molar-refractivity contribution in [3.63, 3.8) is 0 Å². The lowest BCUT2D eigenvalue weighted by Gasteiger charge is -2.43. The molecule has 0 radical (unpaired) electrons. The lowest BCUT2D eigenvalue weighted by Crippen LogP contribution is -2.64. The molecule has 4 rings (SSSR count). The molecule has 302 valence electrons. The summed E-state index contributed by atoms with van der Waals surface area (Å²) in [6.45, 7) is 14.4. The van der Waals surface area contributed by atoms with Crippen LogP contribution in [0.1, 0.15) is 66.5 Å². The van der Waals surface area contributed by atoms with E-state index in [9.17, 15) is 33.9 Å². The molecule has 4 atom stereocenters. The van der Waals surface area contributed by atoms with Gasteiger partial charge in [-0.25, -0.2) is 24.0 Å². The second-order valence-electron chi connectivity index (χ2n) is 15.3. The molecule has 0 aliphatic carbocycles. The Balaban J connectivity index is 0.000000296. The molecule has 2 aliphatic rings. The molecular formula is C39H55N5O11. The third-order valence-electron chi connectivity index (χ3n) is 8.45. The summed E-state index contributed by atoms with van der Waals surface area (Å²) in [5.41, 5.74) is 0.317. The van der Waals surface area contributed by atoms with E-state index in [4.69, 9.17) is 18.9 Å². The first-order valence-corrected chi connectivity index (χ1v) is 18.1. The van der Waals surface area contributed by atoms with E-state index in [2.05, 4.69) is 5.32 Å². The van der Waals surface area contributed by atoms with Crippen LogP contribution in [0.3, 0.4) is 0 Å². The van der Waals surface area contributed by atoms with Gasteiger partial charge in [0.05, 0.1) is 25.2 Å². The minimum atomic E-state index is -1.20. The van der Waals surface area contributed by atoms with Gasteiger partial charge in [0.25, 0.3) is 0 Å². The van der Waals surface area contributed by atoms with Crippen LogP contribution in [0, 0.1) is 0 Å². The van der Waals surface area contributed by atoms with Gasteiger partial charge >= 0.3 is 30.3 Å². The molecule has 2 fully saturated rings. The molecule has 2 aromatic carbocycles. The van der Waals surface area contributed by atoms with Crippen LogP contribution in [0.4, 0.5) is 19.2 Å². The first kappa shape index (κ1) is 43.9. The zero-order valence-electron chi connectivity index (χ0n) is 33.1. The standard InChI is InChI=1S/C20H29N3O5.C19H26N2O6/c1-14-11-23(18(25)27-13-15-9-7-6-8-10-15)16(17(24)21-5)12-22(14)19(26)28-20(2,3)4;1-13-10-21(17(24)26-12-14-8-6-5-7-9-14)15(16(22)23)11-20(13)18(25)27-19(2,3)4/h6-10,14,16H,11-13H2,1-5H3,(H,21,24);5-9,13,15H,10-12H2,1-4H3,(H,22,23)/t14-,16-;13-,15-/m11/s1. The zero-order valence-corrected chi connectivity index (χ0v) is 33.1. The van der Waals surface area contributed by atoms with Gasteiger partial charge in [-0.15, -0.1) is 0 Å². The number of likely N-dealkylation sites (N-methyl/N-ethyl adjacent to an activating group) is 1. The summed E-state index contributed by atoms with van der Waals surface area (Å²) in [6, 6.07) is 15.7. The molecule has 0 spiro atoms. The highest BCUT2D eigenvalue weighted by atomic mass is 16.6.